The van der Waals surface area contributed by atoms with Crippen LogP contribution in [0.5, 0.6) is 0 Å². The zero-order chi connectivity index (χ0) is 26.7. The molecule has 2 heterocycles. The van der Waals surface area contributed by atoms with Crippen LogP contribution in [0.3, 0.4) is 0 Å². The van der Waals surface area contributed by atoms with Gasteiger partial charge < -0.3 is 54.7 Å². The van der Waals surface area contributed by atoms with Crippen molar-refractivity contribution in [2.24, 2.45) is 0 Å². The first-order chi connectivity index (χ1) is 17.2. The minimum atomic E-state index is -2.27. The predicted molar refractivity (Wildman–Crippen MR) is 124 cm³/mol. The van der Waals surface area contributed by atoms with Gasteiger partial charge in [0.1, 0.15) is 55.9 Å². The fraction of sp³-hybridized carbons (Fsp3) is 0.875. The minimum Gasteiger partial charge on any atom is -0.463 e. The van der Waals surface area contributed by atoms with Crippen LogP contribution in [-0.2, 0) is 23.7 Å². The molecule has 2 aliphatic rings. The molecule has 0 saturated carbocycles. The molecule has 0 amide bonds. The van der Waals surface area contributed by atoms with E-state index < -0.39 is 80.6 Å². The van der Waals surface area contributed by atoms with Crippen LogP contribution in [0.15, 0.2) is 12.2 Å². The molecule has 0 aliphatic carbocycles. The number of esters is 1. The highest BCUT2D eigenvalue weighted by atomic mass is 16.8. The highest BCUT2D eigenvalue weighted by Crippen LogP contribution is 2.36. The van der Waals surface area contributed by atoms with E-state index in [1.54, 1.807) is 0 Å². The molecule has 210 valence electrons. The van der Waals surface area contributed by atoms with Gasteiger partial charge in [0.05, 0.1) is 6.61 Å². The van der Waals surface area contributed by atoms with Gasteiger partial charge in [-0.2, -0.15) is 0 Å². The monoisotopic (exact) mass is 522 g/mol. The van der Waals surface area contributed by atoms with Crippen molar-refractivity contribution in [3.05, 3.63) is 12.2 Å². The van der Waals surface area contributed by atoms with E-state index in [2.05, 4.69) is 13.0 Å². The molecule has 36 heavy (non-hydrogen) atoms. The summed E-state index contributed by atoms with van der Waals surface area (Å²) in [7, 11) is 0. The number of aliphatic hydroxyl groups is 7. The summed E-state index contributed by atoms with van der Waals surface area (Å²) in [5, 5.41) is 70.1. The number of carbonyl (C=O) groups is 1. The lowest BCUT2D eigenvalue weighted by molar-refractivity contribution is -0.383. The van der Waals surface area contributed by atoms with Gasteiger partial charge in [0.15, 0.2) is 6.29 Å². The topological polar surface area (TPSA) is 196 Å². The summed E-state index contributed by atoms with van der Waals surface area (Å²) in [4.78, 5) is 12.1. The molecule has 2 rings (SSSR count). The van der Waals surface area contributed by atoms with E-state index in [1.807, 2.05) is 6.08 Å². The number of carbonyl (C=O) groups excluding carboxylic acids is 1. The lowest BCUT2D eigenvalue weighted by Crippen LogP contribution is -2.62. The average molecular weight is 523 g/mol. The minimum absolute atomic E-state index is 0.141. The van der Waals surface area contributed by atoms with Crippen LogP contribution in [-0.4, -0.2) is 116 Å². The number of hydrogen-bond donors (Lipinski definition) is 7. The largest absolute Gasteiger partial charge is 0.463 e. The van der Waals surface area contributed by atoms with E-state index in [1.165, 1.54) is 19.3 Å². The molecular formula is C24H42O12. The highest BCUT2D eigenvalue weighted by Gasteiger charge is 2.58. The van der Waals surface area contributed by atoms with Crippen molar-refractivity contribution >= 4 is 5.97 Å². The van der Waals surface area contributed by atoms with Crippen LogP contribution in [0.2, 0.25) is 0 Å². The first-order valence-electron chi connectivity index (χ1n) is 12.6. The van der Waals surface area contributed by atoms with Gasteiger partial charge in [-0.1, -0.05) is 38.3 Å². The summed E-state index contributed by atoms with van der Waals surface area (Å²) in [6, 6.07) is 0. The van der Waals surface area contributed by atoms with Crippen LogP contribution in [0.25, 0.3) is 0 Å². The molecule has 0 aromatic heterocycles. The molecule has 2 fully saturated rings. The molecule has 0 unspecified atom stereocenters. The molecule has 7 N–H and O–H groups in total. The van der Waals surface area contributed by atoms with E-state index in [4.69, 9.17) is 18.9 Å². The quantitative estimate of drug-likeness (QED) is 0.0776. The Kier molecular flexibility index (Phi) is 13.2. The zero-order valence-electron chi connectivity index (χ0n) is 20.7. The Morgan fingerprint density at radius 3 is 2.19 bits per heavy atom. The van der Waals surface area contributed by atoms with Gasteiger partial charge in [0.25, 0.3) is 0 Å². The molecule has 9 atom stereocenters. The first-order valence-corrected chi connectivity index (χ1v) is 12.6. The van der Waals surface area contributed by atoms with Crippen molar-refractivity contribution in [3.8, 4) is 0 Å². The summed E-state index contributed by atoms with van der Waals surface area (Å²) in [5.74, 6) is -2.80. The van der Waals surface area contributed by atoms with Gasteiger partial charge in [-0.3, -0.25) is 4.79 Å². The van der Waals surface area contributed by atoms with E-state index in [9.17, 15) is 40.5 Å². The third-order valence-corrected chi connectivity index (χ3v) is 6.44. The molecule has 0 radical (unpaired) electrons. The summed E-state index contributed by atoms with van der Waals surface area (Å²) < 4.78 is 21.3. The van der Waals surface area contributed by atoms with E-state index in [-0.39, 0.29) is 6.42 Å². The molecule has 0 aromatic rings. The van der Waals surface area contributed by atoms with Crippen LogP contribution in [0.4, 0.5) is 0 Å². The smallest absolute Gasteiger partial charge is 0.305 e. The average Bonchev–Trinajstić information content (AvgIpc) is 3.12. The maximum atomic E-state index is 12.1. The fourth-order valence-electron chi connectivity index (χ4n) is 4.15. The van der Waals surface area contributed by atoms with Crippen molar-refractivity contribution in [2.45, 2.75) is 113 Å². The normalized spacial score (nSPS) is 37.0. The van der Waals surface area contributed by atoms with Gasteiger partial charge in [-0.05, 0) is 25.7 Å². The van der Waals surface area contributed by atoms with Gasteiger partial charge in [0.2, 0.25) is 5.79 Å². The third-order valence-electron chi connectivity index (χ3n) is 6.44. The van der Waals surface area contributed by atoms with Crippen LogP contribution in [0.1, 0.15) is 58.3 Å². The Labute approximate surface area is 211 Å². The summed E-state index contributed by atoms with van der Waals surface area (Å²) >= 11 is 0. The van der Waals surface area contributed by atoms with E-state index in [0.29, 0.717) is 6.42 Å². The van der Waals surface area contributed by atoms with Gasteiger partial charge in [0, 0.05) is 6.42 Å². The summed E-state index contributed by atoms with van der Waals surface area (Å²) in [6.45, 7) is 0.0384. The van der Waals surface area contributed by atoms with E-state index >= 15 is 0 Å². The maximum Gasteiger partial charge on any atom is 0.305 e. The Morgan fingerprint density at radius 2 is 1.58 bits per heavy atom. The van der Waals surface area contributed by atoms with E-state index in [0.717, 1.165) is 19.3 Å². The Balaban J connectivity index is 1.83. The SMILES string of the molecule is CCCCCC/C=C\CCCC(=O)OC[C@H]1O[C@H](O[C@]2(CO)O[C@H](CO)[C@@H](O)[C@@H]2O)[C@H](O)[C@@H](O)[C@@H]1O. The van der Waals surface area contributed by atoms with Crippen molar-refractivity contribution in [1.82, 2.24) is 0 Å². The number of hydrogen-bond acceptors (Lipinski definition) is 12. The van der Waals surface area contributed by atoms with Crippen molar-refractivity contribution in [1.29, 1.82) is 0 Å². The third kappa shape index (κ3) is 8.15. The van der Waals surface area contributed by atoms with Crippen LogP contribution in [0, 0.1) is 0 Å². The number of unbranched alkanes of at least 4 members (excludes halogenated alkanes) is 5. The second kappa shape index (κ2) is 15.3. The molecule has 0 bridgehead atoms. The summed E-state index contributed by atoms with van der Waals surface area (Å²) in [6.07, 6.45) is -1.61. The second-order valence-electron chi connectivity index (χ2n) is 9.27. The van der Waals surface area contributed by atoms with Gasteiger partial charge in [-0.25, -0.2) is 0 Å². The number of ether oxygens (including phenoxy) is 4. The number of allylic oxidation sites excluding steroid dienone is 2. The van der Waals surface area contributed by atoms with Crippen molar-refractivity contribution < 1.29 is 59.5 Å². The predicted octanol–water partition coefficient (Wildman–Crippen LogP) is -1.15. The zero-order valence-corrected chi connectivity index (χ0v) is 20.7. The fourth-order valence-corrected chi connectivity index (χ4v) is 4.15. The van der Waals surface area contributed by atoms with Crippen LogP contribution < -0.4 is 0 Å². The standard InChI is InChI=1S/C24H42O12/c1-2-3-4-5-6-7-8-9-10-11-17(27)33-13-16-18(28)20(30)21(31)23(34-16)36-24(14-26)22(32)19(29)15(12-25)35-24/h7-8,15-16,18-23,25-26,28-32H,2-6,9-14H2,1H3/b8-7-/t15-,16-,18-,19-,20+,21-,22+,23-,24+/m1/s1. The van der Waals surface area contributed by atoms with Crippen molar-refractivity contribution in [2.75, 3.05) is 19.8 Å². The molecule has 12 nitrogen and oxygen atoms in total. The maximum absolute atomic E-state index is 12.1. The van der Waals surface area contributed by atoms with Gasteiger partial charge in [-0.15, -0.1) is 0 Å². The highest BCUT2D eigenvalue weighted by molar-refractivity contribution is 5.69. The lowest BCUT2D eigenvalue weighted by Gasteiger charge is -2.43. The number of aliphatic hydroxyl groups excluding tert-OH is 7. The first kappa shape index (κ1) is 31.0. The molecule has 2 aliphatic heterocycles. The lowest BCUT2D eigenvalue weighted by atomic mass is 9.99. The number of rotatable bonds is 15. The summed E-state index contributed by atoms with van der Waals surface area (Å²) in [5.41, 5.74) is 0. The molecule has 0 spiro atoms. The Morgan fingerprint density at radius 1 is 0.889 bits per heavy atom. The Bertz CT molecular complexity index is 675. The van der Waals surface area contributed by atoms with Crippen LogP contribution >= 0.6 is 0 Å². The molecular weight excluding hydrogens is 480 g/mol. The molecule has 0 aromatic carbocycles. The molecule has 12 heteroatoms. The second-order valence-corrected chi connectivity index (χ2v) is 9.27. The molecule has 2 saturated heterocycles. The Hall–Kier alpha value is -1.19. The van der Waals surface area contributed by atoms with Gasteiger partial charge >= 0.3 is 5.97 Å². The van der Waals surface area contributed by atoms with Crippen molar-refractivity contribution in [3.63, 3.8) is 0 Å².